The smallest absolute Gasteiger partial charge is 0.135 e. The van der Waals surface area contributed by atoms with Crippen LogP contribution in [0.15, 0.2) is 10.8 Å². The van der Waals surface area contributed by atoms with Gasteiger partial charge in [-0.1, -0.05) is 0 Å². The molecule has 0 radical (unpaired) electrons. The van der Waals surface area contributed by atoms with E-state index in [1.165, 1.54) is 0 Å². The van der Waals surface area contributed by atoms with Gasteiger partial charge in [0.05, 0.1) is 13.7 Å². The first-order valence-corrected chi connectivity index (χ1v) is 3.73. The van der Waals surface area contributed by atoms with E-state index in [1.54, 1.807) is 18.4 Å². The lowest BCUT2D eigenvalue weighted by atomic mass is 10.3. The third-order valence-corrected chi connectivity index (χ3v) is 1.93. The van der Waals surface area contributed by atoms with Crippen LogP contribution in [0.3, 0.4) is 0 Å². The molecule has 1 aromatic heterocycles. The molecule has 0 bridgehead atoms. The molecule has 0 amide bonds. The third kappa shape index (κ3) is 1.47. The van der Waals surface area contributed by atoms with E-state index in [0.717, 1.165) is 11.3 Å². The molecule has 1 heterocycles. The van der Waals surface area contributed by atoms with Gasteiger partial charge in [-0.05, 0) is 0 Å². The Morgan fingerprint density at radius 3 is 3.00 bits per heavy atom. The molecule has 10 heavy (non-hydrogen) atoms. The Labute approximate surface area is 63.3 Å². The monoisotopic (exact) mass is 159 g/mol. The molecule has 0 unspecified atom stereocenters. The molecule has 2 N–H and O–H groups in total. The van der Waals surface area contributed by atoms with E-state index in [0.29, 0.717) is 6.61 Å². The van der Waals surface area contributed by atoms with Crippen molar-refractivity contribution in [2.75, 3.05) is 7.11 Å². The predicted octanol–water partition coefficient (Wildman–Crippen LogP) is 1.15. The van der Waals surface area contributed by atoms with Crippen LogP contribution in [0.1, 0.15) is 5.56 Å². The third-order valence-electron chi connectivity index (χ3n) is 1.16. The number of thiophene rings is 1. The average molecular weight is 159 g/mol. The Hall–Kier alpha value is -0.580. The zero-order valence-electron chi connectivity index (χ0n) is 5.66. The lowest BCUT2D eigenvalue weighted by Gasteiger charge is -1.98. The van der Waals surface area contributed by atoms with Crippen molar-refractivity contribution in [2.45, 2.75) is 6.61 Å². The van der Waals surface area contributed by atoms with Crippen molar-refractivity contribution < 1.29 is 9.57 Å². The second kappa shape index (κ2) is 3.55. The fraction of sp³-hybridized carbons (Fsp3) is 0.333. The Kier molecular flexibility index (Phi) is 2.68. The molecule has 1 rings (SSSR count). The van der Waals surface area contributed by atoms with Gasteiger partial charge >= 0.3 is 0 Å². The van der Waals surface area contributed by atoms with Crippen LogP contribution in [0.5, 0.6) is 5.75 Å². The topological polar surface area (TPSA) is 44.5 Å². The Morgan fingerprint density at radius 2 is 2.40 bits per heavy atom. The highest BCUT2D eigenvalue weighted by atomic mass is 32.1. The van der Waals surface area contributed by atoms with E-state index in [9.17, 15) is 0 Å². The summed E-state index contributed by atoms with van der Waals surface area (Å²) in [5.74, 6) is 5.74. The van der Waals surface area contributed by atoms with Crippen molar-refractivity contribution in [3.05, 3.63) is 16.3 Å². The maximum atomic E-state index is 5.01. The fourth-order valence-corrected chi connectivity index (χ4v) is 1.47. The van der Waals surface area contributed by atoms with Gasteiger partial charge < -0.3 is 4.74 Å². The van der Waals surface area contributed by atoms with Gasteiger partial charge in [0.25, 0.3) is 0 Å². The Balaban J connectivity index is 2.70. The van der Waals surface area contributed by atoms with Crippen molar-refractivity contribution in [3.8, 4) is 5.75 Å². The summed E-state index contributed by atoms with van der Waals surface area (Å²) in [7, 11) is 1.63. The Bertz CT molecular complexity index is 199. The van der Waals surface area contributed by atoms with E-state index in [1.807, 2.05) is 10.8 Å². The highest BCUT2D eigenvalue weighted by Gasteiger charge is 2.01. The van der Waals surface area contributed by atoms with Gasteiger partial charge in [0.2, 0.25) is 0 Å². The van der Waals surface area contributed by atoms with Gasteiger partial charge in [-0.25, -0.2) is 5.90 Å². The van der Waals surface area contributed by atoms with E-state index in [-0.39, 0.29) is 0 Å². The van der Waals surface area contributed by atoms with Gasteiger partial charge in [0, 0.05) is 16.3 Å². The van der Waals surface area contributed by atoms with Crippen molar-refractivity contribution in [1.29, 1.82) is 0 Å². The second-order valence-electron chi connectivity index (χ2n) is 1.78. The molecule has 0 aromatic carbocycles. The number of ether oxygens (including phenoxy) is 1. The summed E-state index contributed by atoms with van der Waals surface area (Å²) < 4.78 is 5.01. The summed E-state index contributed by atoms with van der Waals surface area (Å²) in [6.45, 7) is 0.409. The molecule has 0 aliphatic carbocycles. The van der Waals surface area contributed by atoms with Crippen LogP contribution in [0, 0.1) is 0 Å². The van der Waals surface area contributed by atoms with Crippen LogP contribution in [0.2, 0.25) is 0 Å². The standard InChI is InChI=1S/C6H9NO2S/c1-8-6-4-10-3-5(6)2-9-7/h3-4H,2,7H2,1H3. The molecule has 0 atom stereocenters. The molecule has 1 aromatic rings. The molecule has 56 valence electrons. The van der Waals surface area contributed by atoms with Crippen LogP contribution in [-0.4, -0.2) is 7.11 Å². The number of rotatable bonds is 3. The van der Waals surface area contributed by atoms with Crippen LogP contribution in [0.4, 0.5) is 0 Å². The van der Waals surface area contributed by atoms with Crippen LogP contribution in [-0.2, 0) is 11.4 Å². The summed E-state index contributed by atoms with van der Waals surface area (Å²) in [6.07, 6.45) is 0. The van der Waals surface area contributed by atoms with E-state index in [2.05, 4.69) is 4.84 Å². The highest BCUT2D eigenvalue weighted by molar-refractivity contribution is 7.08. The maximum absolute atomic E-state index is 5.01. The zero-order chi connectivity index (χ0) is 7.40. The molecule has 3 nitrogen and oxygen atoms in total. The molecule has 0 fully saturated rings. The fourth-order valence-electron chi connectivity index (χ4n) is 0.686. The minimum Gasteiger partial charge on any atom is -0.496 e. The minimum absolute atomic E-state index is 0.409. The number of nitrogens with two attached hydrogens (primary N) is 1. The van der Waals surface area contributed by atoms with Crippen molar-refractivity contribution >= 4 is 11.3 Å². The predicted molar refractivity (Wildman–Crippen MR) is 39.8 cm³/mol. The molecule has 0 saturated heterocycles. The summed E-state index contributed by atoms with van der Waals surface area (Å²) in [5, 5.41) is 3.86. The number of hydrogen-bond acceptors (Lipinski definition) is 4. The first-order valence-electron chi connectivity index (χ1n) is 2.79. The quantitative estimate of drug-likeness (QED) is 0.673. The summed E-state index contributed by atoms with van der Waals surface area (Å²) in [5.41, 5.74) is 0.995. The summed E-state index contributed by atoms with van der Waals surface area (Å²) in [4.78, 5) is 4.46. The average Bonchev–Trinajstić information content (AvgIpc) is 2.36. The number of methoxy groups -OCH3 is 1. The van der Waals surface area contributed by atoms with Crippen LogP contribution < -0.4 is 10.6 Å². The van der Waals surface area contributed by atoms with Gasteiger partial charge in [-0.2, -0.15) is 0 Å². The minimum atomic E-state index is 0.409. The SMILES string of the molecule is COc1cscc1CON. The zero-order valence-corrected chi connectivity index (χ0v) is 6.48. The Morgan fingerprint density at radius 1 is 1.60 bits per heavy atom. The van der Waals surface area contributed by atoms with Crippen molar-refractivity contribution in [3.63, 3.8) is 0 Å². The first kappa shape index (κ1) is 7.53. The molecule has 0 aliphatic heterocycles. The van der Waals surface area contributed by atoms with Crippen LogP contribution >= 0.6 is 11.3 Å². The van der Waals surface area contributed by atoms with Gasteiger partial charge in [-0.15, -0.1) is 11.3 Å². The summed E-state index contributed by atoms with van der Waals surface area (Å²) >= 11 is 1.57. The first-order chi connectivity index (χ1) is 4.88. The van der Waals surface area contributed by atoms with Gasteiger partial charge in [-0.3, -0.25) is 4.84 Å². The van der Waals surface area contributed by atoms with Crippen LogP contribution in [0.25, 0.3) is 0 Å². The molecule has 0 saturated carbocycles. The van der Waals surface area contributed by atoms with E-state index >= 15 is 0 Å². The molecule has 0 aliphatic rings. The van der Waals surface area contributed by atoms with Gasteiger partial charge in [0.1, 0.15) is 5.75 Å². The van der Waals surface area contributed by atoms with Crippen molar-refractivity contribution in [1.82, 2.24) is 0 Å². The lowest BCUT2D eigenvalue weighted by molar-refractivity contribution is 0.122. The second-order valence-corrected chi connectivity index (χ2v) is 2.52. The lowest BCUT2D eigenvalue weighted by Crippen LogP contribution is -1.98. The normalized spacial score (nSPS) is 9.80. The largest absolute Gasteiger partial charge is 0.496 e. The van der Waals surface area contributed by atoms with Crippen molar-refractivity contribution in [2.24, 2.45) is 5.90 Å². The molecule has 4 heteroatoms. The molecular formula is C6H9NO2S. The maximum Gasteiger partial charge on any atom is 0.135 e. The molecular weight excluding hydrogens is 150 g/mol. The van der Waals surface area contributed by atoms with Gasteiger partial charge in [0.15, 0.2) is 0 Å². The number of hydrogen-bond donors (Lipinski definition) is 1. The highest BCUT2D eigenvalue weighted by Crippen LogP contribution is 2.22. The summed E-state index contributed by atoms with van der Waals surface area (Å²) in [6, 6.07) is 0. The van der Waals surface area contributed by atoms with E-state index < -0.39 is 0 Å². The molecule has 0 spiro atoms. The van der Waals surface area contributed by atoms with E-state index in [4.69, 9.17) is 10.6 Å².